The smallest absolute Gasteiger partial charge is 0.251 e. The fourth-order valence-corrected chi connectivity index (χ4v) is 2.24. The molecule has 3 heteroatoms. The summed E-state index contributed by atoms with van der Waals surface area (Å²) >= 11 is 0. The number of amides is 1. The van der Waals surface area contributed by atoms with E-state index in [9.17, 15) is 4.79 Å². The molecule has 0 saturated carbocycles. The van der Waals surface area contributed by atoms with E-state index in [-0.39, 0.29) is 18.6 Å². The zero-order valence-electron chi connectivity index (χ0n) is 13.0. The number of hydrogen-bond acceptors (Lipinski definition) is 2. The Balaban J connectivity index is 2.72. The Kier molecular flexibility index (Phi) is 8.23. The molecular formula is C18H25NO2. The van der Waals surface area contributed by atoms with E-state index < -0.39 is 0 Å². The number of rotatable bonds is 7. The number of unbranched alkanes of at least 4 members (excludes halogenated alkanes) is 1. The van der Waals surface area contributed by atoms with E-state index in [4.69, 9.17) is 5.11 Å². The van der Waals surface area contributed by atoms with E-state index in [1.165, 1.54) is 0 Å². The molecule has 0 heterocycles. The van der Waals surface area contributed by atoms with Crippen molar-refractivity contribution in [3.63, 3.8) is 0 Å². The summed E-state index contributed by atoms with van der Waals surface area (Å²) < 4.78 is 0. The lowest BCUT2D eigenvalue weighted by Crippen LogP contribution is -2.34. The maximum absolute atomic E-state index is 12.3. The van der Waals surface area contributed by atoms with Crippen LogP contribution in [0.25, 0.3) is 0 Å². The van der Waals surface area contributed by atoms with Crippen LogP contribution in [0.3, 0.4) is 0 Å². The molecule has 1 aromatic carbocycles. The molecular weight excluding hydrogens is 262 g/mol. The third-order valence-electron chi connectivity index (χ3n) is 3.32. The normalized spacial score (nSPS) is 11.4. The van der Waals surface area contributed by atoms with Crippen molar-refractivity contribution in [2.75, 3.05) is 6.61 Å². The van der Waals surface area contributed by atoms with Crippen LogP contribution in [0.5, 0.6) is 0 Å². The van der Waals surface area contributed by atoms with Crippen LogP contribution in [0, 0.1) is 11.8 Å². The highest BCUT2D eigenvalue weighted by Gasteiger charge is 2.12. The van der Waals surface area contributed by atoms with Crippen LogP contribution in [-0.2, 0) is 0 Å². The predicted molar refractivity (Wildman–Crippen MR) is 86.1 cm³/mol. The third-order valence-corrected chi connectivity index (χ3v) is 3.32. The number of aliphatic hydroxyl groups excluding tert-OH is 1. The predicted octanol–water partition coefficient (Wildman–Crippen LogP) is 3.12. The Labute approximate surface area is 127 Å². The molecule has 21 heavy (non-hydrogen) atoms. The Morgan fingerprint density at radius 3 is 2.76 bits per heavy atom. The fourth-order valence-electron chi connectivity index (χ4n) is 2.24. The summed E-state index contributed by atoms with van der Waals surface area (Å²) in [5.74, 6) is 5.37. The summed E-state index contributed by atoms with van der Waals surface area (Å²) in [7, 11) is 0. The van der Waals surface area contributed by atoms with Gasteiger partial charge in [-0.3, -0.25) is 4.79 Å². The highest BCUT2D eigenvalue weighted by atomic mass is 16.2. The SMILES string of the molecule is CCCCC(CCC)NC(=O)c1cccc(C#CCO)c1. The molecule has 1 atom stereocenters. The van der Waals surface area contributed by atoms with Crippen molar-refractivity contribution in [2.45, 2.75) is 52.0 Å². The molecule has 1 rings (SSSR count). The van der Waals surface area contributed by atoms with Crippen molar-refractivity contribution in [1.82, 2.24) is 5.32 Å². The Hall–Kier alpha value is -1.79. The van der Waals surface area contributed by atoms with Gasteiger partial charge in [0.15, 0.2) is 0 Å². The zero-order chi connectivity index (χ0) is 15.5. The van der Waals surface area contributed by atoms with Gasteiger partial charge in [-0.05, 0) is 31.0 Å². The van der Waals surface area contributed by atoms with Gasteiger partial charge >= 0.3 is 0 Å². The first-order chi connectivity index (χ1) is 10.2. The van der Waals surface area contributed by atoms with Gasteiger partial charge in [0.25, 0.3) is 5.91 Å². The lowest BCUT2D eigenvalue weighted by Gasteiger charge is -2.18. The maximum Gasteiger partial charge on any atom is 0.251 e. The fraction of sp³-hybridized carbons (Fsp3) is 0.500. The van der Waals surface area contributed by atoms with Crippen LogP contribution in [0.15, 0.2) is 24.3 Å². The van der Waals surface area contributed by atoms with Crippen molar-refractivity contribution >= 4 is 5.91 Å². The van der Waals surface area contributed by atoms with E-state index in [0.717, 1.165) is 37.7 Å². The molecule has 1 unspecified atom stereocenters. The summed E-state index contributed by atoms with van der Waals surface area (Å²) in [4.78, 5) is 12.3. The van der Waals surface area contributed by atoms with E-state index >= 15 is 0 Å². The van der Waals surface area contributed by atoms with Gasteiger partial charge in [-0.15, -0.1) is 0 Å². The number of nitrogens with one attached hydrogen (secondary N) is 1. The third kappa shape index (κ3) is 6.46. The van der Waals surface area contributed by atoms with Gasteiger partial charge in [-0.25, -0.2) is 0 Å². The molecule has 1 aromatic rings. The van der Waals surface area contributed by atoms with Gasteiger partial charge in [0.2, 0.25) is 0 Å². The quantitative estimate of drug-likeness (QED) is 0.757. The summed E-state index contributed by atoms with van der Waals surface area (Å²) in [6.07, 6.45) is 5.38. The minimum absolute atomic E-state index is 0.0443. The minimum atomic E-state index is -0.175. The van der Waals surface area contributed by atoms with Crippen molar-refractivity contribution in [3.05, 3.63) is 35.4 Å². The zero-order valence-corrected chi connectivity index (χ0v) is 13.0. The molecule has 0 aromatic heterocycles. The van der Waals surface area contributed by atoms with Crippen LogP contribution in [0.2, 0.25) is 0 Å². The monoisotopic (exact) mass is 287 g/mol. The number of carbonyl (C=O) groups excluding carboxylic acids is 1. The second-order valence-electron chi connectivity index (χ2n) is 5.14. The molecule has 0 aliphatic heterocycles. The van der Waals surface area contributed by atoms with Gasteiger partial charge in [-0.1, -0.05) is 51.0 Å². The number of aliphatic hydroxyl groups is 1. The largest absolute Gasteiger partial charge is 0.384 e. The first-order valence-corrected chi connectivity index (χ1v) is 7.71. The van der Waals surface area contributed by atoms with Crippen LogP contribution in [0.4, 0.5) is 0 Å². The molecule has 0 bridgehead atoms. The Morgan fingerprint density at radius 2 is 2.10 bits per heavy atom. The summed E-state index contributed by atoms with van der Waals surface area (Å²) in [5.41, 5.74) is 1.37. The standard InChI is InChI=1S/C18H25NO2/c1-3-5-12-17(8-4-2)19-18(21)16-11-6-9-15(14-16)10-7-13-20/h6,9,11,14,17,20H,3-5,8,12-13H2,1-2H3,(H,19,21). The Bertz CT molecular complexity index is 499. The Morgan fingerprint density at radius 1 is 1.29 bits per heavy atom. The van der Waals surface area contributed by atoms with Crippen molar-refractivity contribution in [3.8, 4) is 11.8 Å². The van der Waals surface area contributed by atoms with Crippen molar-refractivity contribution in [2.24, 2.45) is 0 Å². The lowest BCUT2D eigenvalue weighted by atomic mass is 10.0. The highest BCUT2D eigenvalue weighted by Crippen LogP contribution is 2.10. The topological polar surface area (TPSA) is 49.3 Å². The van der Waals surface area contributed by atoms with Gasteiger partial charge in [0.05, 0.1) is 0 Å². The van der Waals surface area contributed by atoms with E-state index in [1.807, 2.05) is 12.1 Å². The molecule has 1 amide bonds. The molecule has 0 aliphatic carbocycles. The molecule has 0 aliphatic rings. The molecule has 2 N–H and O–H groups in total. The average molecular weight is 287 g/mol. The molecule has 0 fully saturated rings. The van der Waals surface area contributed by atoms with Crippen LogP contribution < -0.4 is 5.32 Å². The summed E-state index contributed by atoms with van der Waals surface area (Å²) in [6, 6.07) is 7.45. The van der Waals surface area contributed by atoms with Crippen LogP contribution >= 0.6 is 0 Å². The van der Waals surface area contributed by atoms with Crippen LogP contribution in [-0.4, -0.2) is 23.7 Å². The van der Waals surface area contributed by atoms with Crippen molar-refractivity contribution < 1.29 is 9.90 Å². The summed E-state index contributed by atoms with van der Waals surface area (Å²) in [6.45, 7) is 4.12. The summed E-state index contributed by atoms with van der Waals surface area (Å²) in [5, 5.41) is 11.8. The minimum Gasteiger partial charge on any atom is -0.384 e. The lowest BCUT2D eigenvalue weighted by molar-refractivity contribution is 0.0932. The van der Waals surface area contributed by atoms with E-state index in [2.05, 4.69) is 31.0 Å². The van der Waals surface area contributed by atoms with Gasteiger partial charge in [0, 0.05) is 17.2 Å². The molecule has 0 radical (unpaired) electrons. The first-order valence-electron chi connectivity index (χ1n) is 7.71. The first kappa shape index (κ1) is 17.3. The van der Waals surface area contributed by atoms with Gasteiger partial charge in [0.1, 0.15) is 6.61 Å². The molecule has 114 valence electrons. The van der Waals surface area contributed by atoms with Crippen LogP contribution in [0.1, 0.15) is 61.9 Å². The highest BCUT2D eigenvalue weighted by molar-refractivity contribution is 5.94. The molecule has 3 nitrogen and oxygen atoms in total. The second-order valence-corrected chi connectivity index (χ2v) is 5.14. The van der Waals surface area contributed by atoms with E-state index in [1.54, 1.807) is 12.1 Å². The molecule has 0 saturated heterocycles. The van der Waals surface area contributed by atoms with E-state index in [0.29, 0.717) is 5.56 Å². The van der Waals surface area contributed by atoms with Gasteiger partial charge < -0.3 is 10.4 Å². The number of hydrogen-bond donors (Lipinski definition) is 2. The number of carbonyl (C=O) groups is 1. The maximum atomic E-state index is 12.3. The van der Waals surface area contributed by atoms with Crippen molar-refractivity contribution in [1.29, 1.82) is 0 Å². The second kappa shape index (κ2) is 10.0. The molecule has 0 spiro atoms. The average Bonchev–Trinajstić information content (AvgIpc) is 2.51. The van der Waals surface area contributed by atoms with Gasteiger partial charge in [-0.2, -0.15) is 0 Å². The number of benzene rings is 1.